The van der Waals surface area contributed by atoms with Gasteiger partial charge in [-0.25, -0.2) is 4.99 Å². The summed E-state index contributed by atoms with van der Waals surface area (Å²) in [6, 6.07) is 0. The molecular weight excluding hydrogens is 198 g/mol. The van der Waals surface area contributed by atoms with Crippen molar-refractivity contribution in [2.24, 2.45) is 4.99 Å². The molecule has 1 rings (SSSR count). The fourth-order valence-electron chi connectivity index (χ4n) is 1.79. The molecule has 0 bridgehead atoms. The van der Waals surface area contributed by atoms with Crippen LogP contribution in [0.3, 0.4) is 0 Å². The Hall–Kier alpha value is -1.09. The molecule has 0 atom stereocenters. The number of aliphatic imine (C=N–C) groups is 1. The van der Waals surface area contributed by atoms with Crippen molar-refractivity contribution in [3.05, 3.63) is 23.5 Å². The molecule has 0 saturated carbocycles. The van der Waals surface area contributed by atoms with Gasteiger partial charge in [0, 0.05) is 26.2 Å². The Kier molecular flexibility index (Phi) is 5.26. The zero-order valence-electron chi connectivity index (χ0n) is 10.7. The molecule has 3 heteroatoms. The van der Waals surface area contributed by atoms with Crippen LogP contribution in [-0.2, 0) is 0 Å². The summed E-state index contributed by atoms with van der Waals surface area (Å²) in [6.07, 6.45) is 4.15. The third kappa shape index (κ3) is 3.81. The first-order valence-electron chi connectivity index (χ1n) is 5.96. The van der Waals surface area contributed by atoms with Gasteiger partial charge in [0.05, 0.1) is 0 Å². The average Bonchev–Trinajstić information content (AvgIpc) is 2.30. The molecule has 0 radical (unpaired) electrons. The Balaban J connectivity index is 2.59. The molecule has 1 saturated heterocycles. The Morgan fingerprint density at radius 3 is 2.25 bits per heavy atom. The molecule has 0 aliphatic carbocycles. The van der Waals surface area contributed by atoms with E-state index in [1.54, 1.807) is 0 Å². The summed E-state index contributed by atoms with van der Waals surface area (Å²) in [5, 5.41) is 0. The molecule has 1 fully saturated rings. The Bertz CT molecular complexity index is 280. The van der Waals surface area contributed by atoms with Crippen molar-refractivity contribution >= 4 is 6.72 Å². The number of rotatable bonds is 4. The van der Waals surface area contributed by atoms with Crippen LogP contribution in [-0.4, -0.2) is 49.2 Å². The summed E-state index contributed by atoms with van der Waals surface area (Å²) in [5.41, 5.74) is 1.29. The molecule has 0 aromatic carbocycles. The second kappa shape index (κ2) is 6.48. The van der Waals surface area contributed by atoms with Crippen LogP contribution in [0.15, 0.2) is 28.5 Å². The van der Waals surface area contributed by atoms with Crippen LogP contribution < -0.4 is 0 Å². The lowest BCUT2D eigenvalue weighted by molar-refractivity contribution is 0.164. The highest BCUT2D eigenvalue weighted by molar-refractivity contribution is 5.30. The first-order valence-corrected chi connectivity index (χ1v) is 5.96. The van der Waals surface area contributed by atoms with E-state index < -0.39 is 0 Å². The third-order valence-electron chi connectivity index (χ3n) is 2.87. The van der Waals surface area contributed by atoms with Gasteiger partial charge in [-0.15, -0.1) is 0 Å². The average molecular weight is 221 g/mol. The van der Waals surface area contributed by atoms with E-state index in [-0.39, 0.29) is 0 Å². The van der Waals surface area contributed by atoms with Gasteiger partial charge in [0.1, 0.15) is 5.82 Å². The normalized spacial score (nSPS) is 18.4. The lowest BCUT2D eigenvalue weighted by Crippen LogP contribution is -2.45. The van der Waals surface area contributed by atoms with Gasteiger partial charge in [-0.1, -0.05) is 18.6 Å². The van der Waals surface area contributed by atoms with E-state index in [9.17, 15) is 0 Å². The minimum Gasteiger partial charge on any atom is -0.354 e. The highest BCUT2D eigenvalue weighted by Gasteiger charge is 2.16. The smallest absolute Gasteiger partial charge is 0.127 e. The summed E-state index contributed by atoms with van der Waals surface area (Å²) in [4.78, 5) is 8.87. The molecule has 1 heterocycles. The fourth-order valence-corrected chi connectivity index (χ4v) is 1.79. The summed E-state index contributed by atoms with van der Waals surface area (Å²) in [7, 11) is 0. The molecule has 1 aliphatic rings. The molecule has 90 valence electrons. The van der Waals surface area contributed by atoms with Crippen molar-refractivity contribution in [1.82, 2.24) is 9.80 Å². The molecule has 1 aliphatic heterocycles. The van der Waals surface area contributed by atoms with Crippen LogP contribution in [0.5, 0.6) is 0 Å². The Morgan fingerprint density at radius 1 is 1.19 bits per heavy atom. The van der Waals surface area contributed by atoms with Crippen molar-refractivity contribution in [2.45, 2.75) is 20.8 Å². The van der Waals surface area contributed by atoms with E-state index in [0.29, 0.717) is 0 Å². The first-order chi connectivity index (χ1) is 7.67. The predicted molar refractivity (Wildman–Crippen MR) is 70.8 cm³/mol. The Morgan fingerprint density at radius 2 is 1.81 bits per heavy atom. The largest absolute Gasteiger partial charge is 0.354 e. The van der Waals surface area contributed by atoms with Gasteiger partial charge in [0.2, 0.25) is 0 Å². The van der Waals surface area contributed by atoms with Crippen LogP contribution in [0.4, 0.5) is 0 Å². The maximum absolute atomic E-state index is 4.11. The molecule has 0 spiro atoms. The lowest BCUT2D eigenvalue weighted by Gasteiger charge is -2.35. The van der Waals surface area contributed by atoms with Crippen molar-refractivity contribution in [3.63, 3.8) is 0 Å². The molecule has 0 unspecified atom stereocenters. The van der Waals surface area contributed by atoms with E-state index >= 15 is 0 Å². The monoisotopic (exact) mass is 221 g/mol. The summed E-state index contributed by atoms with van der Waals surface area (Å²) < 4.78 is 0. The zero-order valence-corrected chi connectivity index (χ0v) is 10.7. The van der Waals surface area contributed by atoms with E-state index in [1.165, 1.54) is 5.57 Å². The standard InChI is InChI=1S/C13H23N3/c1-5-15-8-10-16(11-9-15)13(14-4)7-6-12(2)3/h6-7H,4-5,8-11H2,1-3H3/b13-7+. The second-order valence-electron chi connectivity index (χ2n) is 4.35. The molecule has 0 amide bonds. The Labute approximate surface area is 99.1 Å². The molecular formula is C13H23N3. The molecule has 0 aromatic heterocycles. The van der Waals surface area contributed by atoms with Crippen LogP contribution in [0.1, 0.15) is 20.8 Å². The van der Waals surface area contributed by atoms with Crippen molar-refractivity contribution < 1.29 is 0 Å². The number of nitrogens with zero attached hydrogens (tertiary/aromatic N) is 3. The fraction of sp³-hybridized carbons (Fsp3) is 0.615. The minimum absolute atomic E-state index is 0.997. The zero-order chi connectivity index (χ0) is 12.0. The van der Waals surface area contributed by atoms with E-state index in [0.717, 1.165) is 38.5 Å². The van der Waals surface area contributed by atoms with Crippen LogP contribution in [0, 0.1) is 0 Å². The van der Waals surface area contributed by atoms with Gasteiger partial charge in [0.15, 0.2) is 0 Å². The number of piperazine rings is 1. The topological polar surface area (TPSA) is 18.8 Å². The summed E-state index contributed by atoms with van der Waals surface area (Å²) in [5.74, 6) is 0.997. The van der Waals surface area contributed by atoms with Crippen LogP contribution >= 0.6 is 0 Å². The first kappa shape index (κ1) is 13.0. The van der Waals surface area contributed by atoms with Crippen LogP contribution in [0.25, 0.3) is 0 Å². The summed E-state index contributed by atoms with van der Waals surface area (Å²) in [6.45, 7) is 15.5. The van der Waals surface area contributed by atoms with Gasteiger partial charge in [-0.3, -0.25) is 0 Å². The quantitative estimate of drug-likeness (QED) is 0.535. The predicted octanol–water partition coefficient (Wildman–Crippen LogP) is 2.13. The number of hydrogen-bond acceptors (Lipinski definition) is 3. The van der Waals surface area contributed by atoms with Crippen LogP contribution in [0.2, 0.25) is 0 Å². The summed E-state index contributed by atoms with van der Waals surface area (Å²) >= 11 is 0. The van der Waals surface area contributed by atoms with E-state index in [4.69, 9.17) is 0 Å². The van der Waals surface area contributed by atoms with E-state index in [1.807, 2.05) is 0 Å². The SMILES string of the molecule is C=N/C(=C\C=C(C)C)N1CCN(CC)CC1. The second-order valence-corrected chi connectivity index (χ2v) is 4.35. The molecule has 3 nitrogen and oxygen atoms in total. The van der Waals surface area contributed by atoms with Gasteiger partial charge in [0.25, 0.3) is 0 Å². The van der Waals surface area contributed by atoms with Gasteiger partial charge < -0.3 is 9.80 Å². The van der Waals surface area contributed by atoms with Gasteiger partial charge in [-0.05, 0) is 33.2 Å². The minimum atomic E-state index is 0.997. The van der Waals surface area contributed by atoms with Gasteiger partial charge >= 0.3 is 0 Å². The maximum atomic E-state index is 4.11. The molecule has 0 aromatic rings. The number of allylic oxidation sites excluding steroid dienone is 3. The highest BCUT2D eigenvalue weighted by Crippen LogP contribution is 2.10. The molecule has 16 heavy (non-hydrogen) atoms. The van der Waals surface area contributed by atoms with Crippen molar-refractivity contribution in [1.29, 1.82) is 0 Å². The van der Waals surface area contributed by atoms with Gasteiger partial charge in [-0.2, -0.15) is 0 Å². The third-order valence-corrected chi connectivity index (χ3v) is 2.87. The number of likely N-dealkylation sites (N-methyl/N-ethyl adjacent to an activating group) is 1. The van der Waals surface area contributed by atoms with Crippen molar-refractivity contribution in [2.75, 3.05) is 32.7 Å². The van der Waals surface area contributed by atoms with Crippen molar-refractivity contribution in [3.8, 4) is 0 Å². The maximum Gasteiger partial charge on any atom is 0.127 e. The lowest BCUT2D eigenvalue weighted by atomic mass is 10.3. The highest BCUT2D eigenvalue weighted by atomic mass is 15.3. The number of hydrogen-bond donors (Lipinski definition) is 0. The van der Waals surface area contributed by atoms with E-state index in [2.05, 4.69) is 54.4 Å². The molecule has 0 N–H and O–H groups in total.